The Labute approximate surface area is 238 Å². The molecular formula is C30H35N5O6. The van der Waals surface area contributed by atoms with Gasteiger partial charge in [-0.05, 0) is 75.1 Å². The Hall–Kier alpha value is -4.41. The third kappa shape index (κ3) is 5.61. The molecule has 0 radical (unpaired) electrons. The van der Waals surface area contributed by atoms with Crippen molar-refractivity contribution in [3.63, 3.8) is 0 Å². The van der Waals surface area contributed by atoms with Gasteiger partial charge in [0.2, 0.25) is 17.7 Å². The SMILES string of the molecule is CCN1C(=O)COc2ccc(/C(=N\O)NC(=O)C3CCN(C(=O)C4CC(=O)N(c5ccc(C)c(C)c5)C4)CC3)cc21. The summed E-state index contributed by atoms with van der Waals surface area (Å²) in [6, 6.07) is 10.9. The summed E-state index contributed by atoms with van der Waals surface area (Å²) in [5, 5.41) is 15.7. The van der Waals surface area contributed by atoms with Gasteiger partial charge in [0, 0.05) is 49.8 Å². The Morgan fingerprint density at radius 1 is 1.02 bits per heavy atom. The molecule has 5 rings (SSSR count). The minimum atomic E-state index is -0.412. The van der Waals surface area contributed by atoms with E-state index in [1.807, 2.05) is 39.0 Å². The van der Waals surface area contributed by atoms with Gasteiger partial charge in [-0.1, -0.05) is 11.2 Å². The lowest BCUT2D eigenvalue weighted by Crippen LogP contribution is -2.46. The van der Waals surface area contributed by atoms with E-state index in [4.69, 9.17) is 4.74 Å². The highest BCUT2D eigenvalue weighted by Crippen LogP contribution is 2.33. The number of aryl methyl sites for hydroxylation is 2. The van der Waals surface area contributed by atoms with E-state index in [0.717, 1.165) is 16.8 Å². The van der Waals surface area contributed by atoms with E-state index in [0.29, 0.717) is 56.0 Å². The zero-order chi connectivity index (χ0) is 29.3. The number of likely N-dealkylation sites (N-methyl/N-ethyl adjacent to an activating group) is 1. The largest absolute Gasteiger partial charge is 0.482 e. The van der Waals surface area contributed by atoms with Gasteiger partial charge >= 0.3 is 0 Å². The molecule has 41 heavy (non-hydrogen) atoms. The Bertz CT molecular complexity index is 1410. The molecule has 2 aromatic carbocycles. The van der Waals surface area contributed by atoms with Crippen LogP contribution in [0.1, 0.15) is 42.9 Å². The van der Waals surface area contributed by atoms with E-state index in [-0.39, 0.29) is 48.4 Å². The molecular weight excluding hydrogens is 526 g/mol. The van der Waals surface area contributed by atoms with E-state index < -0.39 is 5.92 Å². The molecule has 11 heteroatoms. The summed E-state index contributed by atoms with van der Waals surface area (Å²) in [6.07, 6.45) is 1.08. The molecule has 3 aliphatic heterocycles. The fourth-order valence-corrected chi connectivity index (χ4v) is 5.71. The summed E-state index contributed by atoms with van der Waals surface area (Å²) < 4.78 is 5.49. The van der Waals surface area contributed by atoms with Crippen LogP contribution < -0.4 is 19.9 Å². The average molecular weight is 562 g/mol. The maximum atomic E-state index is 13.3. The maximum absolute atomic E-state index is 13.3. The molecule has 1 unspecified atom stereocenters. The van der Waals surface area contributed by atoms with Crippen molar-refractivity contribution in [1.82, 2.24) is 10.2 Å². The van der Waals surface area contributed by atoms with Crippen LogP contribution in [0.25, 0.3) is 0 Å². The number of amidine groups is 1. The molecule has 2 aromatic rings. The van der Waals surface area contributed by atoms with Gasteiger partial charge in [-0.15, -0.1) is 0 Å². The first-order valence-electron chi connectivity index (χ1n) is 14.0. The summed E-state index contributed by atoms with van der Waals surface area (Å²) in [5.41, 5.74) is 4.03. The van der Waals surface area contributed by atoms with E-state index in [9.17, 15) is 24.4 Å². The second kappa shape index (κ2) is 11.6. The topological polar surface area (TPSA) is 132 Å². The Morgan fingerprint density at radius 3 is 2.46 bits per heavy atom. The molecule has 11 nitrogen and oxygen atoms in total. The van der Waals surface area contributed by atoms with E-state index in [1.54, 1.807) is 32.9 Å². The third-order valence-electron chi connectivity index (χ3n) is 8.29. The van der Waals surface area contributed by atoms with Crippen LogP contribution in [0.5, 0.6) is 5.75 Å². The summed E-state index contributed by atoms with van der Waals surface area (Å²) in [5.74, 6) is -0.875. The van der Waals surface area contributed by atoms with Gasteiger partial charge in [0.1, 0.15) is 5.75 Å². The van der Waals surface area contributed by atoms with Crippen LogP contribution in [0.3, 0.4) is 0 Å². The summed E-state index contributed by atoms with van der Waals surface area (Å²) in [6.45, 7) is 7.44. The number of hydrogen-bond donors (Lipinski definition) is 2. The molecule has 2 fully saturated rings. The fourth-order valence-electron chi connectivity index (χ4n) is 5.71. The van der Waals surface area contributed by atoms with Gasteiger partial charge in [0.05, 0.1) is 11.6 Å². The van der Waals surface area contributed by atoms with Crippen molar-refractivity contribution in [3.8, 4) is 5.75 Å². The number of ether oxygens (including phenoxy) is 1. The number of fused-ring (bicyclic) bond motifs is 1. The van der Waals surface area contributed by atoms with Crippen molar-refractivity contribution in [2.75, 3.05) is 42.6 Å². The van der Waals surface area contributed by atoms with Crippen molar-refractivity contribution in [1.29, 1.82) is 0 Å². The predicted octanol–water partition coefficient (Wildman–Crippen LogP) is 2.59. The number of oxime groups is 1. The van der Waals surface area contributed by atoms with Crippen molar-refractivity contribution >= 4 is 40.8 Å². The second-order valence-electron chi connectivity index (χ2n) is 10.8. The normalized spacial score (nSPS) is 19.7. The molecule has 0 aliphatic carbocycles. The van der Waals surface area contributed by atoms with Crippen LogP contribution in [-0.4, -0.2) is 72.4 Å². The van der Waals surface area contributed by atoms with Gasteiger partial charge in [-0.3, -0.25) is 19.2 Å². The van der Waals surface area contributed by atoms with E-state index in [2.05, 4.69) is 10.5 Å². The quantitative estimate of drug-likeness (QED) is 0.250. The monoisotopic (exact) mass is 561 g/mol. The van der Waals surface area contributed by atoms with Crippen LogP contribution >= 0.6 is 0 Å². The number of piperidine rings is 1. The average Bonchev–Trinajstić information content (AvgIpc) is 3.38. The predicted molar refractivity (Wildman–Crippen MR) is 152 cm³/mol. The number of amides is 4. The van der Waals surface area contributed by atoms with Crippen LogP contribution in [0.2, 0.25) is 0 Å². The number of benzene rings is 2. The van der Waals surface area contributed by atoms with E-state index >= 15 is 0 Å². The highest BCUT2D eigenvalue weighted by Gasteiger charge is 2.39. The van der Waals surface area contributed by atoms with Crippen molar-refractivity contribution in [2.24, 2.45) is 17.0 Å². The number of carbonyl (C=O) groups excluding carboxylic acids is 4. The Kier molecular flexibility index (Phi) is 7.96. The molecule has 0 aromatic heterocycles. The molecule has 0 spiro atoms. The third-order valence-corrected chi connectivity index (χ3v) is 8.29. The molecule has 2 saturated heterocycles. The van der Waals surface area contributed by atoms with Crippen molar-refractivity contribution < 1.29 is 29.1 Å². The van der Waals surface area contributed by atoms with Gasteiger partial charge in [-0.25, -0.2) is 0 Å². The minimum absolute atomic E-state index is 0.0266. The van der Waals surface area contributed by atoms with Gasteiger partial charge < -0.3 is 30.0 Å². The fraction of sp³-hybridized carbons (Fsp3) is 0.433. The standard InChI is InChI=1S/C30H35N5O6/c1-4-34-24-14-21(6-8-25(24)41-17-27(34)37)28(32-40)31-29(38)20-9-11-33(12-10-20)30(39)22-15-26(36)35(16-22)23-7-5-18(2)19(3)13-23/h5-8,13-14,20,22,40H,4,9-12,15-17H2,1-3H3,(H,31,32,38). The zero-order valence-corrected chi connectivity index (χ0v) is 23.6. The first-order chi connectivity index (χ1) is 19.7. The molecule has 3 heterocycles. The number of hydrogen-bond acceptors (Lipinski definition) is 7. The Balaban J connectivity index is 1.17. The van der Waals surface area contributed by atoms with Crippen LogP contribution in [0, 0.1) is 25.7 Å². The zero-order valence-electron chi connectivity index (χ0n) is 23.6. The van der Waals surface area contributed by atoms with Crippen LogP contribution in [-0.2, 0) is 19.2 Å². The van der Waals surface area contributed by atoms with E-state index in [1.165, 1.54) is 0 Å². The highest BCUT2D eigenvalue weighted by atomic mass is 16.5. The van der Waals surface area contributed by atoms with Gasteiger partial charge in [0.25, 0.3) is 5.91 Å². The molecule has 2 N–H and O–H groups in total. The van der Waals surface area contributed by atoms with Crippen LogP contribution in [0.4, 0.5) is 11.4 Å². The first kappa shape index (κ1) is 28.1. The Morgan fingerprint density at radius 2 is 1.78 bits per heavy atom. The molecule has 216 valence electrons. The summed E-state index contributed by atoms with van der Waals surface area (Å²) >= 11 is 0. The van der Waals surface area contributed by atoms with Gasteiger partial charge in [0.15, 0.2) is 12.4 Å². The number of rotatable bonds is 5. The van der Waals surface area contributed by atoms with Crippen molar-refractivity contribution in [3.05, 3.63) is 53.1 Å². The van der Waals surface area contributed by atoms with Crippen molar-refractivity contribution in [2.45, 2.75) is 40.0 Å². The first-order valence-corrected chi connectivity index (χ1v) is 14.0. The minimum Gasteiger partial charge on any atom is -0.482 e. The lowest BCUT2D eigenvalue weighted by molar-refractivity contribution is -0.138. The molecule has 3 aliphatic rings. The lowest BCUT2D eigenvalue weighted by atomic mass is 9.94. The number of nitrogens with zero attached hydrogens (tertiary/aromatic N) is 4. The second-order valence-corrected chi connectivity index (χ2v) is 10.8. The number of nitrogens with one attached hydrogen (secondary N) is 1. The summed E-state index contributed by atoms with van der Waals surface area (Å²) in [4.78, 5) is 56.3. The number of likely N-dealkylation sites (tertiary alicyclic amines) is 1. The molecule has 0 bridgehead atoms. The smallest absolute Gasteiger partial charge is 0.265 e. The van der Waals surface area contributed by atoms with Gasteiger partial charge in [-0.2, -0.15) is 0 Å². The van der Waals surface area contributed by atoms with Crippen LogP contribution in [0.15, 0.2) is 41.6 Å². The molecule has 1 atom stereocenters. The maximum Gasteiger partial charge on any atom is 0.265 e. The molecule has 0 saturated carbocycles. The lowest BCUT2D eigenvalue weighted by Gasteiger charge is -2.33. The number of carbonyl (C=O) groups is 4. The molecule has 4 amide bonds. The number of anilines is 2. The summed E-state index contributed by atoms with van der Waals surface area (Å²) in [7, 11) is 0. The highest BCUT2D eigenvalue weighted by molar-refractivity contribution is 6.09.